The van der Waals surface area contributed by atoms with Gasteiger partial charge in [-0.05, 0) is 45.1 Å². The number of hydrogen-bond acceptors (Lipinski definition) is 4. The first kappa shape index (κ1) is 13.4. The fourth-order valence-electron chi connectivity index (χ4n) is 1.15. The topological polar surface area (TPSA) is 34.1 Å². The molecule has 1 rings (SSSR count). The first-order valence-electron chi connectivity index (χ1n) is 4.86. The largest absolute Gasteiger partial charge is 0.485 e. The van der Waals surface area contributed by atoms with Gasteiger partial charge in [0.15, 0.2) is 0 Å². The van der Waals surface area contributed by atoms with Gasteiger partial charge in [-0.15, -0.1) is 0 Å². The van der Waals surface area contributed by atoms with Gasteiger partial charge >= 0.3 is 0 Å². The van der Waals surface area contributed by atoms with Crippen LogP contribution in [0, 0.1) is 0 Å². The molecule has 0 aliphatic carbocycles. The highest BCUT2D eigenvalue weighted by Gasteiger charge is 2.12. The molecule has 0 amide bonds. The molecule has 0 atom stereocenters. The van der Waals surface area contributed by atoms with Crippen LogP contribution in [0.3, 0.4) is 0 Å². The zero-order valence-corrected chi connectivity index (χ0v) is 12.2. The van der Waals surface area contributed by atoms with Crippen LogP contribution in [-0.2, 0) is 4.74 Å². The number of nitrogens with one attached hydrogen (secondary N) is 1. The quantitative estimate of drug-likeness (QED) is 0.849. The molecule has 88 valence electrons. The lowest BCUT2D eigenvalue weighted by molar-refractivity contribution is 0.414. The molecule has 0 aromatic carbocycles. The van der Waals surface area contributed by atoms with Crippen molar-refractivity contribution in [3.8, 4) is 0 Å². The molecule has 0 aliphatic rings. The zero-order valence-electron chi connectivity index (χ0n) is 9.80. The van der Waals surface area contributed by atoms with Crippen LogP contribution in [0.2, 0.25) is 0 Å². The Labute approximate surface area is 110 Å². The molecule has 0 radical (unpaired) electrons. The van der Waals surface area contributed by atoms with E-state index in [2.05, 4.69) is 47.0 Å². The van der Waals surface area contributed by atoms with Crippen molar-refractivity contribution in [1.29, 1.82) is 0 Å². The van der Waals surface area contributed by atoms with Crippen molar-refractivity contribution in [2.45, 2.75) is 26.3 Å². The summed E-state index contributed by atoms with van der Waals surface area (Å²) in [5, 5.41) is 3.67. The molecule has 1 heterocycles. The summed E-state index contributed by atoms with van der Waals surface area (Å²) in [7, 11) is 1.54. The van der Waals surface area contributed by atoms with Gasteiger partial charge in [0.05, 0.1) is 7.11 Å². The smallest absolute Gasteiger partial charge is 0.210 e. The van der Waals surface area contributed by atoms with Crippen molar-refractivity contribution in [3.05, 3.63) is 22.3 Å². The summed E-state index contributed by atoms with van der Waals surface area (Å²) in [5.41, 5.74) is 0.610. The summed E-state index contributed by atoms with van der Waals surface area (Å²) in [6.07, 6.45) is 0. The van der Waals surface area contributed by atoms with Crippen molar-refractivity contribution < 1.29 is 4.74 Å². The number of anilines is 1. The summed E-state index contributed by atoms with van der Waals surface area (Å²) in [5.74, 6) is 0.774. The number of pyridine rings is 1. The number of halogens is 1. The van der Waals surface area contributed by atoms with E-state index in [1.54, 1.807) is 7.11 Å². The van der Waals surface area contributed by atoms with Gasteiger partial charge in [0.2, 0.25) is 5.05 Å². The predicted molar refractivity (Wildman–Crippen MR) is 74.0 cm³/mol. The van der Waals surface area contributed by atoms with E-state index in [1.807, 2.05) is 12.1 Å². The second kappa shape index (κ2) is 5.10. The number of methoxy groups -OCH3 is 1. The Morgan fingerprint density at radius 3 is 2.56 bits per heavy atom. The van der Waals surface area contributed by atoms with Crippen molar-refractivity contribution in [3.63, 3.8) is 0 Å². The molecule has 0 bridgehead atoms. The first-order chi connectivity index (χ1) is 7.31. The van der Waals surface area contributed by atoms with E-state index < -0.39 is 0 Å². The highest BCUT2D eigenvalue weighted by atomic mass is 79.9. The van der Waals surface area contributed by atoms with Crippen LogP contribution in [0.25, 0.3) is 0 Å². The predicted octanol–water partition coefficient (Wildman–Crippen LogP) is 3.38. The molecule has 16 heavy (non-hydrogen) atoms. The number of thiocarbonyl (C=S) groups is 1. The number of hydrogen-bond donors (Lipinski definition) is 1. The molecule has 1 aromatic heterocycles. The third-order valence-electron chi connectivity index (χ3n) is 1.69. The SMILES string of the molecule is COC(=S)c1cc(Br)cc(NC(C)(C)C)n1. The lowest BCUT2D eigenvalue weighted by Gasteiger charge is -2.21. The maximum absolute atomic E-state index is 5.05. The number of nitrogens with zero attached hydrogens (tertiary/aromatic N) is 1. The number of ether oxygens (including phenoxy) is 1. The molecule has 5 heteroatoms. The maximum atomic E-state index is 5.05. The lowest BCUT2D eigenvalue weighted by Crippen LogP contribution is -2.27. The van der Waals surface area contributed by atoms with Gasteiger partial charge < -0.3 is 10.1 Å². The van der Waals surface area contributed by atoms with E-state index in [1.165, 1.54) is 0 Å². The molecule has 0 aliphatic heterocycles. The Morgan fingerprint density at radius 2 is 2.06 bits per heavy atom. The van der Waals surface area contributed by atoms with Crippen LogP contribution in [0.15, 0.2) is 16.6 Å². The molecule has 0 unspecified atom stereocenters. The second-order valence-corrected chi connectivity index (χ2v) is 5.71. The van der Waals surface area contributed by atoms with Crippen LogP contribution in [0.1, 0.15) is 26.5 Å². The molecule has 1 aromatic rings. The summed E-state index contributed by atoms with van der Waals surface area (Å²) >= 11 is 8.47. The Morgan fingerprint density at radius 1 is 1.44 bits per heavy atom. The van der Waals surface area contributed by atoms with E-state index in [-0.39, 0.29) is 5.54 Å². The molecule has 0 spiro atoms. The van der Waals surface area contributed by atoms with E-state index in [4.69, 9.17) is 17.0 Å². The van der Waals surface area contributed by atoms with Gasteiger partial charge in [0, 0.05) is 10.0 Å². The molecule has 3 nitrogen and oxygen atoms in total. The van der Waals surface area contributed by atoms with E-state index in [9.17, 15) is 0 Å². The molecular weight excluding hydrogens is 288 g/mol. The summed E-state index contributed by atoms with van der Waals surface area (Å²) in [6, 6.07) is 3.74. The summed E-state index contributed by atoms with van der Waals surface area (Å²) in [4.78, 5) is 4.38. The van der Waals surface area contributed by atoms with Crippen LogP contribution in [0.4, 0.5) is 5.82 Å². The Hall–Kier alpha value is -0.680. The van der Waals surface area contributed by atoms with Crippen molar-refractivity contribution in [1.82, 2.24) is 4.98 Å². The Balaban J connectivity index is 3.03. The minimum Gasteiger partial charge on any atom is -0.485 e. The highest BCUT2D eigenvalue weighted by Crippen LogP contribution is 2.19. The maximum Gasteiger partial charge on any atom is 0.210 e. The average molecular weight is 303 g/mol. The van der Waals surface area contributed by atoms with Crippen LogP contribution < -0.4 is 5.32 Å². The molecule has 0 fully saturated rings. The molecule has 0 saturated carbocycles. The fourth-order valence-corrected chi connectivity index (χ4v) is 1.69. The monoisotopic (exact) mass is 302 g/mol. The van der Waals surface area contributed by atoms with Gasteiger partial charge in [-0.2, -0.15) is 0 Å². The van der Waals surface area contributed by atoms with Gasteiger partial charge in [0.25, 0.3) is 0 Å². The average Bonchev–Trinajstić information content (AvgIpc) is 2.12. The van der Waals surface area contributed by atoms with Gasteiger partial charge in [-0.25, -0.2) is 4.98 Å². The molecule has 0 saturated heterocycles. The molecule has 1 N–H and O–H groups in total. The van der Waals surface area contributed by atoms with Crippen LogP contribution in [-0.4, -0.2) is 22.7 Å². The third kappa shape index (κ3) is 4.06. The molecular formula is C11H15BrN2OS. The minimum atomic E-state index is -0.0419. The minimum absolute atomic E-state index is 0.0419. The van der Waals surface area contributed by atoms with Crippen molar-refractivity contribution in [2.75, 3.05) is 12.4 Å². The number of rotatable bonds is 2. The highest BCUT2D eigenvalue weighted by molar-refractivity contribution is 9.10. The lowest BCUT2D eigenvalue weighted by atomic mass is 10.1. The Bertz CT molecular complexity index is 401. The summed E-state index contributed by atoms with van der Waals surface area (Å²) in [6.45, 7) is 6.22. The van der Waals surface area contributed by atoms with Gasteiger partial charge in [-0.3, -0.25) is 0 Å². The normalized spacial score (nSPS) is 11.1. The first-order valence-corrected chi connectivity index (χ1v) is 6.06. The standard InChI is InChI=1S/C11H15BrN2OS/c1-11(2,3)14-9-6-7(12)5-8(13-9)10(16)15-4/h5-6H,1-4H3,(H,13,14). The third-order valence-corrected chi connectivity index (χ3v) is 2.52. The van der Waals surface area contributed by atoms with E-state index >= 15 is 0 Å². The van der Waals surface area contributed by atoms with Gasteiger partial charge in [-0.1, -0.05) is 15.9 Å². The van der Waals surface area contributed by atoms with Crippen LogP contribution >= 0.6 is 28.1 Å². The summed E-state index contributed by atoms with van der Waals surface area (Å²) < 4.78 is 5.92. The van der Waals surface area contributed by atoms with Gasteiger partial charge in [0.1, 0.15) is 11.5 Å². The second-order valence-electron chi connectivity index (χ2n) is 4.42. The number of aromatic nitrogens is 1. The van der Waals surface area contributed by atoms with E-state index in [0.717, 1.165) is 10.3 Å². The van der Waals surface area contributed by atoms with Crippen molar-refractivity contribution >= 4 is 39.0 Å². The zero-order chi connectivity index (χ0) is 12.3. The fraction of sp³-hybridized carbons (Fsp3) is 0.455. The van der Waals surface area contributed by atoms with Crippen LogP contribution in [0.5, 0.6) is 0 Å². The Kier molecular flexibility index (Phi) is 4.27. The van der Waals surface area contributed by atoms with Crippen molar-refractivity contribution in [2.24, 2.45) is 0 Å². The van der Waals surface area contributed by atoms with E-state index in [0.29, 0.717) is 10.7 Å².